The highest BCUT2D eigenvalue weighted by atomic mass is 31.2. The maximum atomic E-state index is 2.48. The van der Waals surface area contributed by atoms with Crippen LogP contribution in [0.15, 0.2) is 60.7 Å². The largest absolute Gasteiger partial charge is 0.0997 e. The standard InChI is InChI=1S/C21H30P/c1-5-7-18-22(21(3,4)6-2,19-14-10-8-11-15-19)20-16-12-9-13-17-20/h8-17H,5-7,18H2,1-4H3/q+1. The first-order chi connectivity index (χ1) is 10.6. The van der Waals surface area contributed by atoms with Gasteiger partial charge in [0.1, 0.15) is 0 Å². The Morgan fingerprint density at radius 1 is 0.773 bits per heavy atom. The Kier molecular flexibility index (Phi) is 5.81. The molecule has 0 N–H and O–H groups in total. The molecule has 0 saturated heterocycles. The normalized spacial score (nSPS) is 12.4. The Labute approximate surface area is 137 Å². The predicted molar refractivity (Wildman–Crippen MR) is 103 cm³/mol. The lowest BCUT2D eigenvalue weighted by Crippen LogP contribution is -2.39. The fourth-order valence-electron chi connectivity index (χ4n) is 3.44. The SMILES string of the molecule is CCCC[P+](c1ccccc1)(c1ccccc1)C(C)(C)CC. The van der Waals surface area contributed by atoms with E-state index in [0.717, 1.165) is 0 Å². The molecular formula is C21H30P+. The maximum absolute atomic E-state index is 2.48. The topological polar surface area (TPSA) is 0 Å². The van der Waals surface area contributed by atoms with Gasteiger partial charge in [0.25, 0.3) is 0 Å². The van der Waals surface area contributed by atoms with E-state index in [2.05, 4.69) is 88.4 Å². The van der Waals surface area contributed by atoms with Gasteiger partial charge < -0.3 is 0 Å². The van der Waals surface area contributed by atoms with Crippen molar-refractivity contribution in [3.05, 3.63) is 60.7 Å². The van der Waals surface area contributed by atoms with Crippen LogP contribution < -0.4 is 10.6 Å². The third kappa shape index (κ3) is 3.13. The van der Waals surface area contributed by atoms with Crippen LogP contribution in [0.3, 0.4) is 0 Å². The fraction of sp³-hybridized carbons (Fsp3) is 0.429. The lowest BCUT2D eigenvalue weighted by molar-refractivity contribution is 0.663. The highest BCUT2D eigenvalue weighted by Gasteiger charge is 2.53. The van der Waals surface area contributed by atoms with Gasteiger partial charge >= 0.3 is 0 Å². The van der Waals surface area contributed by atoms with Gasteiger partial charge in [-0.2, -0.15) is 0 Å². The van der Waals surface area contributed by atoms with Crippen molar-refractivity contribution in [3.63, 3.8) is 0 Å². The third-order valence-electron chi connectivity index (χ3n) is 5.14. The molecule has 2 aromatic rings. The van der Waals surface area contributed by atoms with E-state index in [4.69, 9.17) is 0 Å². The summed E-state index contributed by atoms with van der Waals surface area (Å²) in [5.41, 5.74) is 0. The molecule has 118 valence electrons. The van der Waals surface area contributed by atoms with Gasteiger partial charge in [-0.15, -0.1) is 0 Å². The summed E-state index contributed by atoms with van der Waals surface area (Å²) in [6, 6.07) is 22.6. The number of benzene rings is 2. The lowest BCUT2D eigenvalue weighted by atomic mass is 10.1. The third-order valence-corrected chi connectivity index (χ3v) is 10.9. The molecule has 2 rings (SSSR count). The Balaban J connectivity index is 2.69. The van der Waals surface area contributed by atoms with Gasteiger partial charge in [-0.05, 0) is 51.0 Å². The Morgan fingerprint density at radius 2 is 1.23 bits per heavy atom. The van der Waals surface area contributed by atoms with Crippen molar-refractivity contribution in [1.29, 1.82) is 0 Å². The molecule has 0 heterocycles. The predicted octanol–water partition coefficient (Wildman–Crippen LogP) is 5.64. The molecule has 0 unspecified atom stereocenters. The number of unbranched alkanes of at least 4 members (excludes halogenated alkanes) is 1. The van der Waals surface area contributed by atoms with Gasteiger partial charge in [0, 0.05) is 0 Å². The summed E-state index contributed by atoms with van der Waals surface area (Å²) in [5, 5.41) is 3.47. The van der Waals surface area contributed by atoms with Crippen LogP contribution in [0.5, 0.6) is 0 Å². The zero-order chi connectivity index (χ0) is 16.1. The zero-order valence-electron chi connectivity index (χ0n) is 14.5. The van der Waals surface area contributed by atoms with E-state index < -0.39 is 7.26 Å². The molecule has 0 aliphatic rings. The minimum atomic E-state index is -1.42. The first kappa shape index (κ1) is 17.2. The smallest absolute Gasteiger partial charge is 0.0652 e. The van der Waals surface area contributed by atoms with E-state index >= 15 is 0 Å². The molecule has 0 saturated carbocycles. The van der Waals surface area contributed by atoms with Crippen LogP contribution in [0.25, 0.3) is 0 Å². The highest BCUT2D eigenvalue weighted by Crippen LogP contribution is 2.68. The van der Waals surface area contributed by atoms with Gasteiger partial charge in [-0.1, -0.05) is 56.7 Å². The molecule has 2 aromatic carbocycles. The molecule has 0 radical (unpaired) electrons. The molecule has 0 nitrogen and oxygen atoms in total. The van der Waals surface area contributed by atoms with E-state index in [1.54, 1.807) is 10.6 Å². The van der Waals surface area contributed by atoms with Gasteiger partial charge in [0.15, 0.2) is 0 Å². The van der Waals surface area contributed by atoms with Crippen LogP contribution in [0.1, 0.15) is 47.0 Å². The van der Waals surface area contributed by atoms with Crippen LogP contribution in [-0.4, -0.2) is 11.3 Å². The van der Waals surface area contributed by atoms with Gasteiger partial charge in [-0.3, -0.25) is 0 Å². The van der Waals surface area contributed by atoms with Crippen LogP contribution in [0, 0.1) is 0 Å². The molecule has 0 bridgehead atoms. The molecular weight excluding hydrogens is 283 g/mol. The molecule has 0 fully saturated rings. The Hall–Kier alpha value is -1.13. The average Bonchev–Trinajstić information content (AvgIpc) is 2.57. The van der Waals surface area contributed by atoms with Crippen molar-refractivity contribution in [3.8, 4) is 0 Å². The second kappa shape index (κ2) is 7.42. The van der Waals surface area contributed by atoms with Crippen LogP contribution in [0.2, 0.25) is 0 Å². The van der Waals surface area contributed by atoms with Crippen molar-refractivity contribution in [2.75, 3.05) is 6.16 Å². The maximum Gasteiger partial charge on any atom is 0.0997 e. The molecule has 0 spiro atoms. The zero-order valence-corrected chi connectivity index (χ0v) is 15.4. The van der Waals surface area contributed by atoms with Crippen LogP contribution >= 0.6 is 7.26 Å². The van der Waals surface area contributed by atoms with E-state index in [1.807, 2.05) is 0 Å². The Morgan fingerprint density at radius 3 is 1.59 bits per heavy atom. The van der Waals surface area contributed by atoms with Crippen molar-refractivity contribution in [2.45, 2.75) is 52.1 Å². The number of hydrogen-bond donors (Lipinski definition) is 0. The van der Waals surface area contributed by atoms with Crippen LogP contribution in [0.4, 0.5) is 0 Å². The first-order valence-electron chi connectivity index (χ1n) is 8.58. The second-order valence-corrected chi connectivity index (χ2v) is 11.0. The summed E-state index contributed by atoms with van der Waals surface area (Å²) in [6.07, 6.45) is 5.11. The molecule has 0 aromatic heterocycles. The molecule has 22 heavy (non-hydrogen) atoms. The lowest BCUT2D eigenvalue weighted by Gasteiger charge is -2.40. The monoisotopic (exact) mass is 313 g/mol. The van der Waals surface area contributed by atoms with E-state index in [0.29, 0.717) is 5.16 Å². The summed E-state index contributed by atoms with van der Waals surface area (Å²) in [4.78, 5) is 0. The summed E-state index contributed by atoms with van der Waals surface area (Å²) >= 11 is 0. The van der Waals surface area contributed by atoms with Crippen LogP contribution in [-0.2, 0) is 0 Å². The summed E-state index contributed by atoms with van der Waals surface area (Å²) in [6.45, 7) is 9.63. The summed E-state index contributed by atoms with van der Waals surface area (Å²) in [7, 11) is -1.42. The molecule has 0 aliphatic carbocycles. The quantitative estimate of drug-likeness (QED) is 0.580. The number of hydrogen-bond acceptors (Lipinski definition) is 0. The van der Waals surface area contributed by atoms with Crippen molar-refractivity contribution < 1.29 is 0 Å². The first-order valence-corrected chi connectivity index (χ1v) is 10.6. The summed E-state index contributed by atoms with van der Waals surface area (Å²) in [5.74, 6) is 0. The Bertz CT molecular complexity index is 517. The highest BCUT2D eigenvalue weighted by molar-refractivity contribution is 7.90. The molecule has 0 aliphatic heterocycles. The fourth-order valence-corrected chi connectivity index (χ4v) is 8.95. The van der Waals surface area contributed by atoms with Gasteiger partial charge in [-0.25, -0.2) is 0 Å². The minimum Gasteiger partial charge on any atom is -0.0652 e. The molecule has 0 amide bonds. The van der Waals surface area contributed by atoms with Crippen molar-refractivity contribution in [1.82, 2.24) is 0 Å². The molecule has 1 heteroatoms. The van der Waals surface area contributed by atoms with E-state index in [-0.39, 0.29) is 0 Å². The summed E-state index contributed by atoms with van der Waals surface area (Å²) < 4.78 is 0. The second-order valence-electron chi connectivity index (χ2n) is 6.72. The van der Waals surface area contributed by atoms with Crippen molar-refractivity contribution in [2.24, 2.45) is 0 Å². The van der Waals surface area contributed by atoms with E-state index in [9.17, 15) is 0 Å². The van der Waals surface area contributed by atoms with Gasteiger partial charge in [0.05, 0.1) is 29.2 Å². The van der Waals surface area contributed by atoms with E-state index in [1.165, 1.54) is 25.4 Å². The van der Waals surface area contributed by atoms with Crippen molar-refractivity contribution >= 4 is 17.9 Å². The molecule has 0 atom stereocenters. The van der Waals surface area contributed by atoms with Gasteiger partial charge in [0.2, 0.25) is 0 Å². The number of rotatable bonds is 7. The average molecular weight is 313 g/mol. The minimum absolute atomic E-state index is 0.324.